The molecule has 4 heterocycles. The topological polar surface area (TPSA) is 52.7 Å². The molecule has 5 nitrogen and oxygen atoms in total. The van der Waals surface area contributed by atoms with Gasteiger partial charge >= 0.3 is 0 Å². The van der Waals surface area contributed by atoms with Gasteiger partial charge in [-0.1, -0.05) is 18.7 Å². The molecule has 4 aliphatic heterocycles. The minimum Gasteiger partial charge on any atom is -0.375 e. The molecule has 3 saturated heterocycles. The van der Waals surface area contributed by atoms with E-state index in [-0.39, 0.29) is 16.6 Å². The molecule has 24 heavy (non-hydrogen) atoms. The van der Waals surface area contributed by atoms with Crippen molar-refractivity contribution in [3.8, 4) is 0 Å². The number of hydrogen-bond acceptors (Lipinski definition) is 4. The van der Waals surface area contributed by atoms with Gasteiger partial charge in [-0.2, -0.15) is 0 Å². The van der Waals surface area contributed by atoms with Gasteiger partial charge in [-0.3, -0.25) is 9.59 Å². The lowest BCUT2D eigenvalue weighted by atomic mass is 9.77. The number of hydrogen-bond donors (Lipinski definition) is 1. The van der Waals surface area contributed by atoms with Gasteiger partial charge in [-0.25, -0.2) is 0 Å². The summed E-state index contributed by atoms with van der Waals surface area (Å²) in [5.74, 6) is 1.08. The van der Waals surface area contributed by atoms with E-state index in [1.54, 1.807) is 0 Å². The van der Waals surface area contributed by atoms with E-state index in [0.29, 0.717) is 18.5 Å². The van der Waals surface area contributed by atoms with Crippen molar-refractivity contribution in [2.75, 3.05) is 25.4 Å². The van der Waals surface area contributed by atoms with E-state index >= 15 is 0 Å². The van der Waals surface area contributed by atoms with Crippen molar-refractivity contribution < 1.29 is 9.59 Å². The molecule has 1 N–H and O–H groups in total. The molecular formula is C18H27N3O2S. The van der Waals surface area contributed by atoms with E-state index in [1.165, 1.54) is 17.5 Å². The van der Waals surface area contributed by atoms with E-state index in [4.69, 9.17) is 0 Å². The first-order valence-electron chi connectivity index (χ1n) is 9.28. The van der Waals surface area contributed by atoms with Crippen molar-refractivity contribution >= 4 is 22.9 Å². The van der Waals surface area contributed by atoms with Crippen LogP contribution in [0.25, 0.3) is 0 Å². The fourth-order valence-electron chi connectivity index (χ4n) is 4.90. The predicted octanol–water partition coefficient (Wildman–Crippen LogP) is 2.58. The summed E-state index contributed by atoms with van der Waals surface area (Å²) < 4.78 is 0. The second-order valence-corrected chi connectivity index (χ2v) is 8.92. The van der Waals surface area contributed by atoms with Crippen LogP contribution >= 0.6 is 11.8 Å². The summed E-state index contributed by atoms with van der Waals surface area (Å²) in [6.07, 6.45) is 8.53. The Bertz CT molecular complexity index is 569. The van der Waals surface area contributed by atoms with E-state index in [1.807, 2.05) is 6.92 Å². The highest BCUT2D eigenvalue weighted by Crippen LogP contribution is 2.42. The average molecular weight is 350 g/mol. The molecule has 2 unspecified atom stereocenters. The lowest BCUT2D eigenvalue weighted by Gasteiger charge is -2.43. The van der Waals surface area contributed by atoms with Crippen molar-refractivity contribution in [2.45, 2.75) is 57.5 Å². The minimum atomic E-state index is 0.210. The lowest BCUT2D eigenvalue weighted by molar-refractivity contribution is -0.119. The molecular weight excluding hydrogens is 322 g/mol. The van der Waals surface area contributed by atoms with E-state index in [2.05, 4.69) is 21.2 Å². The highest BCUT2D eigenvalue weighted by molar-refractivity contribution is 8.13. The minimum absolute atomic E-state index is 0.210. The summed E-state index contributed by atoms with van der Waals surface area (Å²) in [6, 6.07) is 0.697. The summed E-state index contributed by atoms with van der Waals surface area (Å²) in [6.45, 7) is 5.01. The van der Waals surface area contributed by atoms with Gasteiger partial charge < -0.3 is 15.1 Å². The van der Waals surface area contributed by atoms with Crippen LogP contribution in [0.15, 0.2) is 11.8 Å². The number of nitrogens with one attached hydrogen (secondary N) is 1. The Labute approximate surface area is 148 Å². The molecule has 2 atom stereocenters. The second kappa shape index (κ2) is 6.28. The molecule has 0 aliphatic carbocycles. The van der Waals surface area contributed by atoms with Gasteiger partial charge in [0.25, 0.3) is 5.24 Å². The molecule has 0 aromatic rings. The van der Waals surface area contributed by atoms with Crippen LogP contribution in [0.5, 0.6) is 0 Å². The van der Waals surface area contributed by atoms with Gasteiger partial charge in [0.1, 0.15) is 0 Å². The number of likely N-dealkylation sites (tertiary alicyclic amines) is 1. The number of nitrogens with zero attached hydrogens (tertiary/aromatic N) is 2. The molecule has 0 aromatic heterocycles. The van der Waals surface area contributed by atoms with Gasteiger partial charge in [0, 0.05) is 44.2 Å². The summed E-state index contributed by atoms with van der Waals surface area (Å²) in [5.41, 5.74) is 1.65. The van der Waals surface area contributed by atoms with Crippen LogP contribution < -0.4 is 5.32 Å². The normalized spacial score (nSPS) is 31.4. The van der Waals surface area contributed by atoms with Crippen molar-refractivity contribution in [3.63, 3.8) is 0 Å². The largest absolute Gasteiger partial charge is 0.375 e. The Morgan fingerprint density at radius 1 is 1.38 bits per heavy atom. The van der Waals surface area contributed by atoms with Gasteiger partial charge in [-0.15, -0.1) is 0 Å². The number of fused-ring (bicyclic) bond motifs is 2. The second-order valence-electron chi connectivity index (χ2n) is 7.71. The third-order valence-electron chi connectivity index (χ3n) is 6.28. The van der Waals surface area contributed by atoms with Crippen molar-refractivity contribution in [3.05, 3.63) is 11.8 Å². The van der Waals surface area contributed by atoms with Crippen molar-refractivity contribution in [2.24, 2.45) is 5.41 Å². The molecule has 2 amide bonds. The first-order chi connectivity index (χ1) is 11.6. The summed E-state index contributed by atoms with van der Waals surface area (Å²) in [7, 11) is 0. The molecule has 4 rings (SSSR count). The highest BCUT2D eigenvalue weighted by Gasteiger charge is 2.44. The highest BCUT2D eigenvalue weighted by atomic mass is 32.2. The van der Waals surface area contributed by atoms with Gasteiger partial charge in [-0.05, 0) is 42.9 Å². The molecule has 1 spiro atoms. The van der Waals surface area contributed by atoms with Crippen LogP contribution in [-0.4, -0.2) is 58.4 Å². The lowest BCUT2D eigenvalue weighted by Crippen LogP contribution is -2.46. The van der Waals surface area contributed by atoms with E-state index < -0.39 is 0 Å². The Hall–Kier alpha value is -1.17. The van der Waals surface area contributed by atoms with E-state index in [9.17, 15) is 9.59 Å². The maximum atomic E-state index is 12.3. The first kappa shape index (κ1) is 16.3. The number of carbonyl (C=O) groups excluding carboxylic acids is 2. The predicted molar refractivity (Wildman–Crippen MR) is 95.7 cm³/mol. The number of rotatable bonds is 2. The summed E-state index contributed by atoms with van der Waals surface area (Å²) >= 11 is 1.44. The summed E-state index contributed by atoms with van der Waals surface area (Å²) in [5, 5.41) is 3.27. The van der Waals surface area contributed by atoms with Gasteiger partial charge in [0.15, 0.2) is 0 Å². The first-order valence-corrected chi connectivity index (χ1v) is 10.3. The standard InChI is InChI=1S/C18H27N3O2S/c1-2-24-17(23)21-13-3-4-14(21)10-15(9-13)20-7-5-18(6-8-20)11-16(22)19-12-18/h9,13-14H,2-8,10-12H2,1H3,(H,19,22). The average Bonchev–Trinajstić information content (AvgIpc) is 3.05. The number of piperidine rings is 1. The molecule has 4 aliphatic rings. The number of carbonyl (C=O) groups is 2. The molecule has 0 saturated carbocycles. The van der Waals surface area contributed by atoms with Crippen LogP contribution in [0, 0.1) is 5.41 Å². The van der Waals surface area contributed by atoms with Crippen LogP contribution in [-0.2, 0) is 4.79 Å². The Morgan fingerprint density at radius 3 is 2.79 bits per heavy atom. The van der Waals surface area contributed by atoms with Gasteiger partial charge in [0.05, 0.1) is 6.04 Å². The zero-order valence-electron chi connectivity index (χ0n) is 14.4. The van der Waals surface area contributed by atoms with E-state index in [0.717, 1.165) is 57.5 Å². The Morgan fingerprint density at radius 2 is 2.17 bits per heavy atom. The maximum Gasteiger partial charge on any atom is 0.282 e. The molecule has 3 fully saturated rings. The van der Waals surface area contributed by atoms with Crippen molar-refractivity contribution in [1.29, 1.82) is 0 Å². The van der Waals surface area contributed by atoms with Gasteiger partial charge in [0.2, 0.25) is 5.91 Å². The van der Waals surface area contributed by atoms with Crippen LogP contribution in [0.3, 0.4) is 0 Å². The quantitative estimate of drug-likeness (QED) is 0.832. The smallest absolute Gasteiger partial charge is 0.282 e. The maximum absolute atomic E-state index is 12.3. The number of thioether (sulfide) groups is 1. The molecule has 2 bridgehead atoms. The zero-order chi connectivity index (χ0) is 16.7. The number of amides is 2. The SMILES string of the molecule is CCSC(=O)N1C2C=C(N3CCC4(CC3)CNC(=O)C4)CC1CC2. The molecule has 132 valence electrons. The Kier molecular flexibility index (Phi) is 4.27. The Balaban J connectivity index is 1.41. The fraction of sp³-hybridized carbons (Fsp3) is 0.778. The third-order valence-corrected chi connectivity index (χ3v) is 7.03. The van der Waals surface area contributed by atoms with Crippen molar-refractivity contribution in [1.82, 2.24) is 15.1 Å². The fourth-order valence-corrected chi connectivity index (χ4v) is 5.58. The summed E-state index contributed by atoms with van der Waals surface area (Å²) in [4.78, 5) is 28.6. The van der Waals surface area contributed by atoms with Crippen LogP contribution in [0.1, 0.15) is 45.4 Å². The van der Waals surface area contributed by atoms with Crippen LogP contribution in [0.4, 0.5) is 4.79 Å². The molecule has 0 aromatic carbocycles. The van der Waals surface area contributed by atoms with Crippen LogP contribution in [0.2, 0.25) is 0 Å². The third kappa shape index (κ3) is 2.83. The molecule has 6 heteroatoms. The zero-order valence-corrected chi connectivity index (χ0v) is 15.2. The monoisotopic (exact) mass is 349 g/mol. The molecule has 0 radical (unpaired) electrons.